The molecule has 2 heteroatoms. The molecule has 0 spiro atoms. The van der Waals surface area contributed by atoms with Gasteiger partial charge >= 0.3 is 0 Å². The Labute approximate surface area is 113 Å². The van der Waals surface area contributed by atoms with Crippen molar-refractivity contribution in [2.75, 3.05) is 0 Å². The Bertz CT molecular complexity index is 447. The van der Waals surface area contributed by atoms with Crippen LogP contribution in [0.25, 0.3) is 5.57 Å². The van der Waals surface area contributed by atoms with Gasteiger partial charge in [0.05, 0.1) is 13.8 Å². The number of pyridine rings is 1. The Morgan fingerprint density at radius 2 is 1.89 bits per heavy atom. The molecule has 0 amide bonds. The van der Waals surface area contributed by atoms with Crippen LogP contribution in [0.5, 0.6) is 0 Å². The lowest BCUT2D eigenvalue weighted by atomic mass is 9.96. The molecule has 1 heterocycles. The van der Waals surface area contributed by atoms with E-state index in [1.807, 2.05) is 12.3 Å². The molecular formula is C16H25NSi. The molecule has 0 atom stereocenters. The van der Waals surface area contributed by atoms with Crippen molar-refractivity contribution in [1.82, 2.24) is 4.98 Å². The second kappa shape index (κ2) is 5.66. The zero-order chi connectivity index (χ0) is 13.9. The van der Waals surface area contributed by atoms with Gasteiger partial charge in [-0.1, -0.05) is 57.8 Å². The summed E-state index contributed by atoms with van der Waals surface area (Å²) < 4.78 is 0. The first-order valence-corrected chi connectivity index (χ1v) is 10.1. The van der Waals surface area contributed by atoms with Crippen LogP contribution in [-0.2, 0) is 0 Å². The number of nitrogens with zero attached hydrogens (tertiary/aromatic N) is 1. The number of allylic oxidation sites excluding steroid dienone is 3. The minimum Gasteiger partial charge on any atom is -0.256 e. The van der Waals surface area contributed by atoms with Gasteiger partial charge in [0.1, 0.15) is 0 Å². The molecule has 0 radical (unpaired) electrons. The Kier molecular flexibility index (Phi) is 4.69. The maximum Gasteiger partial charge on any atom is 0.0796 e. The quantitative estimate of drug-likeness (QED) is 0.582. The van der Waals surface area contributed by atoms with Gasteiger partial charge in [-0.25, -0.2) is 0 Å². The largest absolute Gasteiger partial charge is 0.256 e. The van der Waals surface area contributed by atoms with Crippen LogP contribution < -0.4 is 5.19 Å². The van der Waals surface area contributed by atoms with Crippen molar-refractivity contribution in [3.63, 3.8) is 0 Å². The van der Waals surface area contributed by atoms with Crippen molar-refractivity contribution in [3.8, 4) is 0 Å². The molecule has 0 saturated carbocycles. The molecule has 98 valence electrons. The van der Waals surface area contributed by atoms with Gasteiger partial charge in [-0.05, 0) is 29.7 Å². The van der Waals surface area contributed by atoms with Gasteiger partial charge in [0, 0.05) is 6.20 Å². The summed E-state index contributed by atoms with van der Waals surface area (Å²) in [4.78, 5) is 4.63. The molecule has 0 saturated heterocycles. The molecule has 0 bridgehead atoms. The SMILES string of the molecule is C=C/C(=C(/C)C(C)C)c1ccc([Si](C)(C)C)cn1. The van der Waals surface area contributed by atoms with E-state index < -0.39 is 8.07 Å². The molecular weight excluding hydrogens is 234 g/mol. The van der Waals surface area contributed by atoms with Crippen molar-refractivity contribution in [2.24, 2.45) is 5.92 Å². The average molecular weight is 259 g/mol. The molecule has 18 heavy (non-hydrogen) atoms. The van der Waals surface area contributed by atoms with Crippen molar-refractivity contribution in [2.45, 2.75) is 40.4 Å². The Morgan fingerprint density at radius 1 is 1.28 bits per heavy atom. The summed E-state index contributed by atoms with van der Waals surface area (Å²) in [5.41, 5.74) is 3.56. The highest BCUT2D eigenvalue weighted by Crippen LogP contribution is 2.22. The zero-order valence-corrected chi connectivity index (χ0v) is 13.5. The van der Waals surface area contributed by atoms with E-state index in [1.165, 1.54) is 16.3 Å². The van der Waals surface area contributed by atoms with Crippen LogP contribution in [0.1, 0.15) is 26.5 Å². The van der Waals surface area contributed by atoms with E-state index in [2.05, 4.69) is 64.1 Å². The first-order valence-electron chi connectivity index (χ1n) is 6.57. The molecule has 1 aromatic rings. The van der Waals surface area contributed by atoms with Gasteiger partial charge in [-0.2, -0.15) is 0 Å². The predicted molar refractivity (Wildman–Crippen MR) is 84.8 cm³/mol. The minimum atomic E-state index is -1.25. The van der Waals surface area contributed by atoms with E-state index in [1.54, 1.807) is 0 Å². The van der Waals surface area contributed by atoms with Crippen LogP contribution in [0, 0.1) is 5.92 Å². The molecule has 0 unspecified atom stereocenters. The standard InChI is InChI=1S/C16H25NSi/c1-8-15(13(4)12(2)3)16-10-9-14(11-17-16)18(5,6)7/h8-12H,1H2,2-7H3/b15-13+. The monoisotopic (exact) mass is 259 g/mol. The summed E-state index contributed by atoms with van der Waals surface area (Å²) >= 11 is 0. The summed E-state index contributed by atoms with van der Waals surface area (Å²) in [5, 5.41) is 1.40. The van der Waals surface area contributed by atoms with Gasteiger partial charge < -0.3 is 0 Å². The maximum atomic E-state index is 4.63. The smallest absolute Gasteiger partial charge is 0.0796 e. The van der Waals surface area contributed by atoms with Gasteiger partial charge in [-0.3, -0.25) is 4.98 Å². The summed E-state index contributed by atoms with van der Waals surface area (Å²) in [7, 11) is -1.25. The van der Waals surface area contributed by atoms with Crippen molar-refractivity contribution >= 4 is 18.8 Å². The molecule has 0 aliphatic rings. The lowest BCUT2D eigenvalue weighted by Gasteiger charge is -2.17. The minimum absolute atomic E-state index is 0.525. The molecule has 1 aromatic heterocycles. The number of hydrogen-bond donors (Lipinski definition) is 0. The molecule has 0 aliphatic heterocycles. The van der Waals surface area contributed by atoms with Crippen molar-refractivity contribution in [1.29, 1.82) is 0 Å². The third kappa shape index (κ3) is 3.42. The second-order valence-electron chi connectivity index (χ2n) is 6.14. The highest BCUT2D eigenvalue weighted by Gasteiger charge is 2.17. The van der Waals surface area contributed by atoms with Crippen LogP contribution >= 0.6 is 0 Å². The summed E-state index contributed by atoms with van der Waals surface area (Å²) in [5.74, 6) is 0.525. The fraction of sp³-hybridized carbons (Fsp3) is 0.438. The van der Waals surface area contributed by atoms with Gasteiger partial charge in [0.25, 0.3) is 0 Å². The van der Waals surface area contributed by atoms with Gasteiger partial charge in [0.15, 0.2) is 0 Å². The molecule has 0 N–H and O–H groups in total. The third-order valence-electron chi connectivity index (χ3n) is 3.40. The second-order valence-corrected chi connectivity index (χ2v) is 11.2. The highest BCUT2D eigenvalue weighted by molar-refractivity contribution is 6.88. The predicted octanol–water partition coefficient (Wildman–Crippen LogP) is 4.24. The summed E-state index contributed by atoms with van der Waals surface area (Å²) in [6, 6.07) is 4.36. The highest BCUT2D eigenvalue weighted by atomic mass is 28.3. The summed E-state index contributed by atoms with van der Waals surface area (Å²) in [6.45, 7) is 17.5. The summed E-state index contributed by atoms with van der Waals surface area (Å²) in [6.07, 6.45) is 3.96. The average Bonchev–Trinajstić information content (AvgIpc) is 2.29. The van der Waals surface area contributed by atoms with E-state index in [4.69, 9.17) is 0 Å². The molecule has 1 nitrogen and oxygen atoms in total. The van der Waals surface area contributed by atoms with E-state index in [-0.39, 0.29) is 0 Å². The first kappa shape index (κ1) is 14.9. The van der Waals surface area contributed by atoms with E-state index >= 15 is 0 Å². The number of rotatable bonds is 4. The van der Waals surface area contributed by atoms with Crippen molar-refractivity contribution < 1.29 is 0 Å². The fourth-order valence-corrected chi connectivity index (χ4v) is 2.81. The van der Waals surface area contributed by atoms with E-state index in [0.29, 0.717) is 5.92 Å². The molecule has 0 fully saturated rings. The Balaban J connectivity index is 3.19. The molecule has 0 aliphatic carbocycles. The number of aromatic nitrogens is 1. The van der Waals surface area contributed by atoms with Crippen molar-refractivity contribution in [3.05, 3.63) is 42.3 Å². The molecule has 0 aromatic carbocycles. The topological polar surface area (TPSA) is 12.9 Å². The lowest BCUT2D eigenvalue weighted by Crippen LogP contribution is -2.37. The fourth-order valence-electron chi connectivity index (χ4n) is 1.78. The lowest BCUT2D eigenvalue weighted by molar-refractivity contribution is 0.772. The van der Waals surface area contributed by atoms with Crippen LogP contribution in [-0.4, -0.2) is 13.1 Å². The van der Waals surface area contributed by atoms with E-state index in [9.17, 15) is 0 Å². The number of hydrogen-bond acceptors (Lipinski definition) is 1. The zero-order valence-electron chi connectivity index (χ0n) is 12.5. The van der Waals surface area contributed by atoms with Crippen LogP contribution in [0.4, 0.5) is 0 Å². The third-order valence-corrected chi connectivity index (χ3v) is 5.43. The Morgan fingerprint density at radius 3 is 2.22 bits per heavy atom. The van der Waals surface area contributed by atoms with Crippen LogP contribution in [0.2, 0.25) is 19.6 Å². The van der Waals surface area contributed by atoms with Crippen LogP contribution in [0.3, 0.4) is 0 Å². The normalized spacial score (nSPS) is 13.5. The van der Waals surface area contributed by atoms with E-state index in [0.717, 1.165) is 5.69 Å². The Hall–Kier alpha value is -1.15. The maximum absolute atomic E-state index is 4.63. The van der Waals surface area contributed by atoms with Gasteiger partial charge in [0.2, 0.25) is 0 Å². The van der Waals surface area contributed by atoms with Crippen LogP contribution in [0.15, 0.2) is 36.6 Å². The first-order chi connectivity index (χ1) is 8.27. The van der Waals surface area contributed by atoms with Gasteiger partial charge in [-0.15, -0.1) is 0 Å². The molecule has 1 rings (SSSR count).